The summed E-state index contributed by atoms with van der Waals surface area (Å²) < 4.78 is 39.3. The minimum atomic E-state index is -1.21. The molecule has 0 saturated carbocycles. The van der Waals surface area contributed by atoms with Crippen molar-refractivity contribution in [1.29, 1.82) is 0 Å². The van der Waals surface area contributed by atoms with Crippen LogP contribution in [-0.2, 0) is 4.79 Å². The third kappa shape index (κ3) is 3.01. The number of halogens is 3. The van der Waals surface area contributed by atoms with Gasteiger partial charge < -0.3 is 15.3 Å². The van der Waals surface area contributed by atoms with Crippen molar-refractivity contribution in [1.82, 2.24) is 4.90 Å². The van der Waals surface area contributed by atoms with E-state index in [1.807, 2.05) is 5.32 Å². The average molecular weight is 288 g/mol. The van der Waals surface area contributed by atoms with Gasteiger partial charge in [0.15, 0.2) is 11.6 Å². The van der Waals surface area contributed by atoms with E-state index in [2.05, 4.69) is 0 Å². The third-order valence-corrected chi connectivity index (χ3v) is 2.95. The number of aliphatic carboxylic acids is 1. The molecule has 2 rings (SSSR count). The highest BCUT2D eigenvalue weighted by molar-refractivity contribution is 5.90. The molecular weight excluding hydrogens is 277 g/mol. The predicted octanol–water partition coefficient (Wildman–Crippen LogP) is 2.04. The third-order valence-electron chi connectivity index (χ3n) is 2.95. The number of carbonyl (C=O) groups is 2. The van der Waals surface area contributed by atoms with Crippen LogP contribution in [0, 0.1) is 23.4 Å². The SMILES string of the molecule is O=C(O)CC1CN(C(=O)Nc2c(F)cc(F)cc2F)C1. The smallest absolute Gasteiger partial charge is 0.322 e. The van der Waals surface area contributed by atoms with Gasteiger partial charge in [-0.25, -0.2) is 18.0 Å². The topological polar surface area (TPSA) is 69.6 Å². The minimum Gasteiger partial charge on any atom is -0.481 e. The van der Waals surface area contributed by atoms with Crippen LogP contribution in [0.1, 0.15) is 6.42 Å². The Morgan fingerprint density at radius 3 is 2.30 bits per heavy atom. The summed E-state index contributed by atoms with van der Waals surface area (Å²) in [5.41, 5.74) is -0.724. The summed E-state index contributed by atoms with van der Waals surface area (Å²) in [6.07, 6.45) is -0.0664. The monoisotopic (exact) mass is 288 g/mol. The lowest BCUT2D eigenvalue weighted by atomic mass is 9.97. The van der Waals surface area contributed by atoms with Crippen molar-refractivity contribution in [2.24, 2.45) is 5.92 Å². The summed E-state index contributed by atoms with van der Waals surface area (Å²) >= 11 is 0. The number of rotatable bonds is 3. The van der Waals surface area contributed by atoms with E-state index in [0.29, 0.717) is 12.1 Å². The van der Waals surface area contributed by atoms with E-state index in [4.69, 9.17) is 5.11 Å². The fourth-order valence-corrected chi connectivity index (χ4v) is 1.96. The molecule has 1 saturated heterocycles. The van der Waals surface area contributed by atoms with Crippen LogP contribution in [0.4, 0.5) is 23.7 Å². The minimum absolute atomic E-state index is 0.0664. The van der Waals surface area contributed by atoms with E-state index in [1.54, 1.807) is 0 Å². The van der Waals surface area contributed by atoms with Gasteiger partial charge in [0.2, 0.25) is 0 Å². The normalized spacial score (nSPS) is 14.8. The summed E-state index contributed by atoms with van der Waals surface area (Å²) in [6, 6.07) is 0.167. The van der Waals surface area contributed by atoms with E-state index >= 15 is 0 Å². The summed E-state index contributed by atoms with van der Waals surface area (Å²) in [5, 5.41) is 10.6. The fourth-order valence-electron chi connectivity index (χ4n) is 1.96. The zero-order valence-corrected chi connectivity index (χ0v) is 10.2. The Morgan fingerprint density at radius 2 is 1.80 bits per heavy atom. The molecule has 2 N–H and O–H groups in total. The number of carbonyl (C=O) groups excluding carboxylic acids is 1. The second-order valence-corrected chi connectivity index (χ2v) is 4.54. The lowest BCUT2D eigenvalue weighted by Crippen LogP contribution is -2.52. The van der Waals surface area contributed by atoms with Gasteiger partial charge in [0.05, 0.1) is 6.42 Å². The number of urea groups is 1. The van der Waals surface area contributed by atoms with Gasteiger partial charge >= 0.3 is 12.0 Å². The molecule has 0 aliphatic carbocycles. The van der Waals surface area contributed by atoms with Crippen molar-refractivity contribution < 1.29 is 27.9 Å². The first-order valence-electron chi connectivity index (χ1n) is 5.79. The van der Waals surface area contributed by atoms with Crippen molar-refractivity contribution in [3.05, 3.63) is 29.6 Å². The molecule has 1 aliphatic rings. The molecule has 0 unspecified atom stereocenters. The van der Waals surface area contributed by atoms with Crippen molar-refractivity contribution in [3.8, 4) is 0 Å². The van der Waals surface area contributed by atoms with Gasteiger partial charge in [-0.3, -0.25) is 4.79 Å². The summed E-state index contributed by atoms with van der Waals surface area (Å²) in [4.78, 5) is 23.3. The van der Waals surface area contributed by atoms with Gasteiger partial charge in [0.1, 0.15) is 11.5 Å². The maximum Gasteiger partial charge on any atom is 0.322 e. The number of amides is 2. The van der Waals surface area contributed by atoms with Crippen LogP contribution in [0.2, 0.25) is 0 Å². The maximum atomic E-state index is 13.3. The first-order chi connectivity index (χ1) is 9.36. The Bertz CT molecular complexity index is 536. The van der Waals surface area contributed by atoms with E-state index in [0.717, 1.165) is 0 Å². The van der Waals surface area contributed by atoms with Gasteiger partial charge in [0.25, 0.3) is 0 Å². The molecule has 0 atom stereocenters. The number of hydrogen-bond donors (Lipinski definition) is 2. The molecule has 2 amide bonds. The molecule has 108 valence electrons. The largest absolute Gasteiger partial charge is 0.481 e. The highest BCUT2D eigenvalue weighted by Crippen LogP contribution is 2.23. The van der Waals surface area contributed by atoms with Crippen LogP contribution in [0.15, 0.2) is 12.1 Å². The molecule has 1 aromatic rings. The number of carboxylic acid groups (broad SMARTS) is 1. The number of anilines is 1. The second kappa shape index (κ2) is 5.40. The van der Waals surface area contributed by atoms with Crippen molar-refractivity contribution in [2.75, 3.05) is 18.4 Å². The second-order valence-electron chi connectivity index (χ2n) is 4.54. The van der Waals surface area contributed by atoms with E-state index in [-0.39, 0.29) is 25.4 Å². The van der Waals surface area contributed by atoms with Crippen molar-refractivity contribution in [3.63, 3.8) is 0 Å². The van der Waals surface area contributed by atoms with Crippen LogP contribution in [0.5, 0.6) is 0 Å². The number of likely N-dealkylation sites (tertiary alicyclic amines) is 1. The lowest BCUT2D eigenvalue weighted by molar-refractivity contribution is -0.139. The van der Waals surface area contributed by atoms with Gasteiger partial charge in [-0.05, 0) is 0 Å². The molecule has 0 spiro atoms. The highest BCUT2D eigenvalue weighted by atomic mass is 19.1. The number of nitrogens with zero attached hydrogens (tertiary/aromatic N) is 1. The van der Waals surface area contributed by atoms with Crippen molar-refractivity contribution >= 4 is 17.7 Å². The van der Waals surface area contributed by atoms with E-state index in [1.165, 1.54) is 4.90 Å². The van der Waals surface area contributed by atoms with E-state index < -0.39 is 35.1 Å². The van der Waals surface area contributed by atoms with Crippen LogP contribution in [-0.4, -0.2) is 35.1 Å². The molecule has 1 heterocycles. The molecule has 20 heavy (non-hydrogen) atoms. The van der Waals surface area contributed by atoms with Gasteiger partial charge in [-0.15, -0.1) is 0 Å². The predicted molar refractivity (Wildman–Crippen MR) is 62.7 cm³/mol. The van der Waals surface area contributed by atoms with Crippen molar-refractivity contribution in [2.45, 2.75) is 6.42 Å². The Hall–Kier alpha value is -2.25. The Balaban J connectivity index is 1.95. The Labute approximate surface area is 112 Å². The first kappa shape index (κ1) is 14.2. The summed E-state index contributed by atoms with van der Waals surface area (Å²) in [5.74, 6) is -4.63. The highest BCUT2D eigenvalue weighted by Gasteiger charge is 2.32. The summed E-state index contributed by atoms with van der Waals surface area (Å²) in [7, 11) is 0. The number of carboxylic acids is 1. The molecular formula is C12H11F3N2O3. The molecule has 5 nitrogen and oxygen atoms in total. The molecule has 1 aromatic carbocycles. The number of hydrogen-bond acceptors (Lipinski definition) is 2. The lowest BCUT2D eigenvalue weighted by Gasteiger charge is -2.38. The average Bonchev–Trinajstić information content (AvgIpc) is 2.27. The quantitative estimate of drug-likeness (QED) is 0.894. The van der Waals surface area contributed by atoms with Crippen LogP contribution in [0.25, 0.3) is 0 Å². The van der Waals surface area contributed by atoms with Gasteiger partial charge in [-0.1, -0.05) is 0 Å². The van der Waals surface area contributed by atoms with Gasteiger partial charge in [0, 0.05) is 31.1 Å². The molecule has 1 fully saturated rings. The Kier molecular flexibility index (Phi) is 3.82. The zero-order chi connectivity index (χ0) is 14.9. The first-order valence-corrected chi connectivity index (χ1v) is 5.79. The number of benzene rings is 1. The number of nitrogens with one attached hydrogen (secondary N) is 1. The Morgan fingerprint density at radius 1 is 1.25 bits per heavy atom. The summed E-state index contributed by atoms with van der Waals surface area (Å²) in [6.45, 7) is 0.394. The molecule has 0 aromatic heterocycles. The van der Waals surface area contributed by atoms with E-state index in [9.17, 15) is 22.8 Å². The molecule has 8 heteroatoms. The fraction of sp³-hybridized carbons (Fsp3) is 0.333. The maximum absolute atomic E-state index is 13.3. The molecule has 1 aliphatic heterocycles. The van der Waals surface area contributed by atoms with Crippen LogP contribution < -0.4 is 5.32 Å². The molecule has 0 bridgehead atoms. The van der Waals surface area contributed by atoms with Crippen LogP contribution in [0.3, 0.4) is 0 Å². The standard InChI is InChI=1S/C12H11F3N2O3/c13-7-2-8(14)11(9(15)3-7)16-12(20)17-4-6(5-17)1-10(18)19/h2-3,6H,1,4-5H2,(H,16,20)(H,18,19). The van der Waals surface area contributed by atoms with Gasteiger partial charge in [-0.2, -0.15) is 0 Å². The van der Waals surface area contributed by atoms with Crippen LogP contribution >= 0.6 is 0 Å². The zero-order valence-electron chi connectivity index (χ0n) is 10.2. The molecule has 0 radical (unpaired) electrons.